The Bertz CT molecular complexity index is 1060. The maximum atomic E-state index is 12.7. The average molecular weight is 448 g/mol. The normalized spacial score (nSPS) is 11.9. The quantitative estimate of drug-likeness (QED) is 0.493. The number of hydrogen-bond acceptors (Lipinski definition) is 5. The molecule has 0 saturated heterocycles. The Hall–Kier alpha value is -3.20. The number of aryl methyl sites for hydroxylation is 1. The molecule has 0 aliphatic rings. The number of para-hydroxylation sites is 2. The number of rotatable bonds is 8. The van der Waals surface area contributed by atoms with E-state index in [0.29, 0.717) is 12.1 Å². The monoisotopic (exact) mass is 448 g/mol. The summed E-state index contributed by atoms with van der Waals surface area (Å²) < 4.78 is 36.8. The third-order valence-corrected chi connectivity index (χ3v) is 5.56. The van der Waals surface area contributed by atoms with Crippen molar-refractivity contribution in [3.63, 3.8) is 0 Å². The fourth-order valence-corrected chi connectivity index (χ4v) is 3.78. The van der Waals surface area contributed by atoms with Crippen LogP contribution in [-0.4, -0.2) is 29.2 Å². The molecule has 0 spiro atoms. The van der Waals surface area contributed by atoms with E-state index in [1.165, 1.54) is 25.1 Å². The predicted octanol–water partition coefficient (Wildman–Crippen LogP) is 5.00. The summed E-state index contributed by atoms with van der Waals surface area (Å²) in [6.45, 7) is 2.74. The number of thiophene rings is 1. The number of anilines is 1. The molecule has 1 aromatic carbocycles. The number of esters is 1. The molecule has 1 unspecified atom stereocenters. The first-order valence-corrected chi connectivity index (χ1v) is 10.4. The average Bonchev–Trinajstić information content (AvgIpc) is 3.32. The maximum Gasteiger partial charge on any atom is 0.387 e. The van der Waals surface area contributed by atoms with E-state index in [2.05, 4.69) is 10.1 Å². The molecule has 2 aromatic heterocycles. The molecule has 1 N–H and O–H groups in total. The Morgan fingerprint density at radius 2 is 1.90 bits per heavy atom. The zero-order valence-electron chi connectivity index (χ0n) is 17.2. The van der Waals surface area contributed by atoms with Crippen molar-refractivity contribution in [1.82, 2.24) is 4.57 Å². The molecule has 0 aliphatic carbocycles. The Labute approximate surface area is 182 Å². The highest BCUT2D eigenvalue weighted by Gasteiger charge is 2.24. The number of carbonyl (C=O) groups is 2. The number of ether oxygens (including phenoxy) is 2. The molecule has 0 bridgehead atoms. The summed E-state index contributed by atoms with van der Waals surface area (Å²) in [6, 6.07) is 11.5. The first kappa shape index (κ1) is 22.5. The summed E-state index contributed by atoms with van der Waals surface area (Å²) in [7, 11) is 0. The van der Waals surface area contributed by atoms with Gasteiger partial charge in [-0.2, -0.15) is 8.78 Å². The van der Waals surface area contributed by atoms with Gasteiger partial charge < -0.3 is 19.4 Å². The van der Waals surface area contributed by atoms with Crippen LogP contribution in [0.15, 0.2) is 47.8 Å². The van der Waals surface area contributed by atoms with Gasteiger partial charge in [-0.05, 0) is 50.4 Å². The highest BCUT2D eigenvalue weighted by molar-refractivity contribution is 7.09. The molecule has 1 atom stereocenters. The standard InChI is InChI=1S/C22H22F2N2O4S/c1-13-11-17(14(2)26(13)12-16-7-6-10-31-16)21(28)29-15(3)20(27)25-18-8-4-5-9-19(18)30-22(23)24/h4-11,15,22H,12H2,1-3H3,(H,25,27). The molecule has 2 heterocycles. The number of halogens is 2. The zero-order chi connectivity index (χ0) is 22.5. The van der Waals surface area contributed by atoms with E-state index in [-0.39, 0.29) is 11.4 Å². The minimum atomic E-state index is -3.03. The molecule has 3 aromatic rings. The highest BCUT2D eigenvalue weighted by atomic mass is 32.1. The third-order valence-electron chi connectivity index (χ3n) is 4.70. The number of benzene rings is 1. The molecular formula is C22H22F2N2O4S. The molecule has 1 amide bonds. The van der Waals surface area contributed by atoms with Crippen LogP contribution in [0.2, 0.25) is 0 Å². The van der Waals surface area contributed by atoms with Crippen LogP contribution in [0.1, 0.15) is 33.5 Å². The van der Waals surface area contributed by atoms with E-state index in [4.69, 9.17) is 4.74 Å². The summed E-state index contributed by atoms with van der Waals surface area (Å²) in [5.74, 6) is -1.47. The summed E-state index contributed by atoms with van der Waals surface area (Å²) in [5, 5.41) is 4.44. The van der Waals surface area contributed by atoms with Crippen molar-refractivity contribution in [3.05, 3.63) is 69.7 Å². The van der Waals surface area contributed by atoms with Gasteiger partial charge in [-0.15, -0.1) is 11.3 Å². The fourth-order valence-electron chi connectivity index (χ4n) is 3.09. The van der Waals surface area contributed by atoms with Crippen LogP contribution < -0.4 is 10.1 Å². The lowest BCUT2D eigenvalue weighted by molar-refractivity contribution is -0.123. The van der Waals surface area contributed by atoms with E-state index in [9.17, 15) is 18.4 Å². The van der Waals surface area contributed by atoms with Crippen LogP contribution in [0.4, 0.5) is 14.5 Å². The van der Waals surface area contributed by atoms with Crippen LogP contribution in [0, 0.1) is 13.8 Å². The minimum absolute atomic E-state index is 0.0600. The van der Waals surface area contributed by atoms with Crippen LogP contribution >= 0.6 is 11.3 Å². The number of hydrogen-bond donors (Lipinski definition) is 1. The molecular weight excluding hydrogens is 426 g/mol. The van der Waals surface area contributed by atoms with Gasteiger partial charge in [0.05, 0.1) is 17.8 Å². The van der Waals surface area contributed by atoms with Crippen LogP contribution in [0.25, 0.3) is 0 Å². The van der Waals surface area contributed by atoms with Crippen molar-refractivity contribution in [1.29, 1.82) is 0 Å². The molecule has 6 nitrogen and oxygen atoms in total. The first-order chi connectivity index (χ1) is 14.8. The second-order valence-corrected chi connectivity index (χ2v) is 7.89. The summed E-state index contributed by atoms with van der Waals surface area (Å²) in [4.78, 5) is 26.3. The number of aromatic nitrogens is 1. The lowest BCUT2D eigenvalue weighted by Gasteiger charge is -2.16. The molecule has 164 valence electrons. The zero-order valence-corrected chi connectivity index (χ0v) is 18.0. The fraction of sp³-hybridized carbons (Fsp3) is 0.273. The second-order valence-electron chi connectivity index (χ2n) is 6.86. The van der Waals surface area contributed by atoms with Crippen molar-refractivity contribution in [2.24, 2.45) is 0 Å². The maximum absolute atomic E-state index is 12.7. The van der Waals surface area contributed by atoms with Crippen molar-refractivity contribution in [3.8, 4) is 5.75 Å². The van der Waals surface area contributed by atoms with Crippen molar-refractivity contribution >= 4 is 28.9 Å². The minimum Gasteiger partial charge on any atom is -0.449 e. The van der Waals surface area contributed by atoms with Gasteiger partial charge in [0.1, 0.15) is 5.75 Å². The van der Waals surface area contributed by atoms with Gasteiger partial charge in [0.2, 0.25) is 0 Å². The van der Waals surface area contributed by atoms with E-state index in [1.807, 2.05) is 35.9 Å². The van der Waals surface area contributed by atoms with E-state index in [1.54, 1.807) is 23.5 Å². The Balaban J connectivity index is 1.68. The van der Waals surface area contributed by atoms with Gasteiger partial charge in [0, 0.05) is 16.3 Å². The molecule has 0 aliphatic heterocycles. The molecule has 0 saturated carbocycles. The van der Waals surface area contributed by atoms with Gasteiger partial charge >= 0.3 is 12.6 Å². The summed E-state index contributed by atoms with van der Waals surface area (Å²) in [5.41, 5.74) is 2.06. The summed E-state index contributed by atoms with van der Waals surface area (Å²) in [6.07, 6.45) is -1.15. The molecule has 0 radical (unpaired) electrons. The number of carbonyl (C=O) groups excluding carboxylic acids is 2. The SMILES string of the molecule is Cc1cc(C(=O)OC(C)C(=O)Nc2ccccc2OC(F)F)c(C)n1Cc1cccs1. The molecule has 0 fully saturated rings. The second kappa shape index (κ2) is 9.74. The smallest absolute Gasteiger partial charge is 0.387 e. The van der Waals surface area contributed by atoms with Gasteiger partial charge in [-0.3, -0.25) is 4.79 Å². The van der Waals surface area contributed by atoms with Crippen molar-refractivity contribution in [2.45, 2.75) is 40.0 Å². The largest absolute Gasteiger partial charge is 0.449 e. The Morgan fingerprint density at radius 3 is 2.58 bits per heavy atom. The number of nitrogens with one attached hydrogen (secondary N) is 1. The lowest BCUT2D eigenvalue weighted by Crippen LogP contribution is -2.30. The Kier molecular flexibility index (Phi) is 7.06. The number of amides is 1. The van der Waals surface area contributed by atoms with E-state index < -0.39 is 24.6 Å². The molecule has 31 heavy (non-hydrogen) atoms. The van der Waals surface area contributed by atoms with Gasteiger partial charge in [0.25, 0.3) is 5.91 Å². The molecule has 9 heteroatoms. The van der Waals surface area contributed by atoms with E-state index in [0.717, 1.165) is 16.3 Å². The van der Waals surface area contributed by atoms with Crippen LogP contribution in [0.5, 0.6) is 5.75 Å². The van der Waals surface area contributed by atoms with Crippen molar-refractivity contribution < 1.29 is 27.8 Å². The topological polar surface area (TPSA) is 69.6 Å². The highest BCUT2D eigenvalue weighted by Crippen LogP contribution is 2.26. The van der Waals surface area contributed by atoms with E-state index >= 15 is 0 Å². The van der Waals surface area contributed by atoms with Crippen molar-refractivity contribution in [2.75, 3.05) is 5.32 Å². The molecule has 3 rings (SSSR count). The number of alkyl halides is 2. The lowest BCUT2D eigenvalue weighted by atomic mass is 10.2. The first-order valence-electron chi connectivity index (χ1n) is 9.51. The third kappa shape index (κ3) is 5.49. The number of nitrogens with zero attached hydrogens (tertiary/aromatic N) is 1. The Morgan fingerprint density at radius 1 is 1.16 bits per heavy atom. The predicted molar refractivity (Wildman–Crippen MR) is 114 cm³/mol. The van der Waals surface area contributed by atoms with Gasteiger partial charge in [-0.25, -0.2) is 4.79 Å². The summed E-state index contributed by atoms with van der Waals surface area (Å²) >= 11 is 1.63. The van der Waals surface area contributed by atoms with Gasteiger partial charge in [-0.1, -0.05) is 18.2 Å². The van der Waals surface area contributed by atoms with Crippen LogP contribution in [0.3, 0.4) is 0 Å². The van der Waals surface area contributed by atoms with Crippen LogP contribution in [-0.2, 0) is 16.1 Å². The van der Waals surface area contributed by atoms with Gasteiger partial charge in [0.15, 0.2) is 6.10 Å².